The summed E-state index contributed by atoms with van der Waals surface area (Å²) in [7, 11) is 0. The van der Waals surface area contributed by atoms with Crippen LogP contribution in [-0.2, 0) is 0 Å². The molecule has 1 aromatic carbocycles. The van der Waals surface area contributed by atoms with Crippen LogP contribution < -0.4 is 10.6 Å². The third-order valence-corrected chi connectivity index (χ3v) is 2.47. The SMILES string of the molecule is CC(C)NC(=O)c1ccc(NC(=O)c2cn[nH]n2)cc1. The van der Waals surface area contributed by atoms with Gasteiger partial charge in [0.05, 0.1) is 6.20 Å². The van der Waals surface area contributed by atoms with Gasteiger partial charge in [0.15, 0.2) is 5.69 Å². The van der Waals surface area contributed by atoms with Crippen molar-refractivity contribution in [3.05, 3.63) is 41.7 Å². The average molecular weight is 273 g/mol. The predicted molar refractivity (Wildman–Crippen MR) is 73.4 cm³/mol. The van der Waals surface area contributed by atoms with Gasteiger partial charge in [-0.3, -0.25) is 9.59 Å². The zero-order chi connectivity index (χ0) is 14.5. The minimum absolute atomic E-state index is 0.0778. The molecular formula is C13H15N5O2. The van der Waals surface area contributed by atoms with Crippen LogP contribution in [0.4, 0.5) is 5.69 Å². The van der Waals surface area contributed by atoms with Crippen LogP contribution in [0.15, 0.2) is 30.5 Å². The highest BCUT2D eigenvalue weighted by atomic mass is 16.2. The van der Waals surface area contributed by atoms with Gasteiger partial charge >= 0.3 is 0 Å². The largest absolute Gasteiger partial charge is 0.350 e. The fraction of sp³-hybridized carbons (Fsp3) is 0.231. The Morgan fingerprint density at radius 2 is 1.85 bits per heavy atom. The number of benzene rings is 1. The lowest BCUT2D eigenvalue weighted by Gasteiger charge is -2.09. The molecule has 3 N–H and O–H groups in total. The van der Waals surface area contributed by atoms with Gasteiger partial charge in [0.2, 0.25) is 0 Å². The number of hydrogen-bond acceptors (Lipinski definition) is 4. The van der Waals surface area contributed by atoms with Crippen LogP contribution in [0.2, 0.25) is 0 Å². The number of H-pyrrole nitrogens is 1. The van der Waals surface area contributed by atoms with Crippen molar-refractivity contribution in [2.75, 3.05) is 5.32 Å². The topological polar surface area (TPSA) is 99.8 Å². The van der Waals surface area contributed by atoms with Crippen LogP contribution in [0.1, 0.15) is 34.7 Å². The maximum atomic E-state index is 11.8. The maximum absolute atomic E-state index is 11.8. The molecule has 0 unspecified atom stereocenters. The first-order chi connectivity index (χ1) is 9.56. The number of carbonyl (C=O) groups is 2. The molecule has 2 rings (SSSR count). The molecule has 2 aromatic rings. The summed E-state index contributed by atoms with van der Waals surface area (Å²) in [5.74, 6) is -0.507. The lowest BCUT2D eigenvalue weighted by molar-refractivity contribution is 0.0942. The molecule has 0 saturated heterocycles. The lowest BCUT2D eigenvalue weighted by atomic mass is 10.2. The molecule has 104 valence electrons. The van der Waals surface area contributed by atoms with Crippen molar-refractivity contribution in [1.29, 1.82) is 0 Å². The Morgan fingerprint density at radius 1 is 1.15 bits per heavy atom. The van der Waals surface area contributed by atoms with Gasteiger partial charge in [-0.25, -0.2) is 0 Å². The summed E-state index contributed by atoms with van der Waals surface area (Å²) >= 11 is 0. The molecule has 0 atom stereocenters. The summed E-state index contributed by atoms with van der Waals surface area (Å²) in [6.07, 6.45) is 1.33. The van der Waals surface area contributed by atoms with E-state index in [4.69, 9.17) is 0 Å². The highest BCUT2D eigenvalue weighted by molar-refractivity contribution is 6.03. The van der Waals surface area contributed by atoms with E-state index in [1.54, 1.807) is 24.3 Å². The fourth-order valence-electron chi connectivity index (χ4n) is 1.56. The van der Waals surface area contributed by atoms with Gasteiger partial charge in [-0.05, 0) is 38.1 Å². The van der Waals surface area contributed by atoms with E-state index in [2.05, 4.69) is 26.0 Å². The summed E-state index contributed by atoms with van der Waals surface area (Å²) in [5.41, 5.74) is 1.32. The zero-order valence-electron chi connectivity index (χ0n) is 11.2. The second-order valence-electron chi connectivity index (χ2n) is 4.51. The Kier molecular flexibility index (Phi) is 4.09. The van der Waals surface area contributed by atoms with Gasteiger partial charge in [-0.2, -0.15) is 15.4 Å². The molecule has 2 amide bonds. The number of carbonyl (C=O) groups excluding carboxylic acids is 2. The molecule has 0 fully saturated rings. The average Bonchev–Trinajstić information content (AvgIpc) is 2.92. The number of anilines is 1. The first-order valence-electron chi connectivity index (χ1n) is 6.14. The van der Waals surface area contributed by atoms with E-state index < -0.39 is 0 Å². The van der Waals surface area contributed by atoms with Crippen molar-refractivity contribution in [2.45, 2.75) is 19.9 Å². The van der Waals surface area contributed by atoms with Crippen LogP contribution in [0, 0.1) is 0 Å². The minimum atomic E-state index is -0.363. The molecule has 0 aliphatic rings. The van der Waals surface area contributed by atoms with Crippen molar-refractivity contribution >= 4 is 17.5 Å². The van der Waals surface area contributed by atoms with E-state index in [-0.39, 0.29) is 23.6 Å². The number of aromatic amines is 1. The van der Waals surface area contributed by atoms with Gasteiger partial charge in [0.25, 0.3) is 11.8 Å². The Balaban J connectivity index is 2.01. The van der Waals surface area contributed by atoms with Crippen molar-refractivity contribution < 1.29 is 9.59 Å². The zero-order valence-corrected chi connectivity index (χ0v) is 11.2. The summed E-state index contributed by atoms with van der Waals surface area (Å²) in [5, 5.41) is 15.1. The van der Waals surface area contributed by atoms with Crippen LogP contribution in [0.3, 0.4) is 0 Å². The Bertz CT molecular complexity index is 590. The van der Waals surface area contributed by atoms with Crippen molar-refractivity contribution in [3.8, 4) is 0 Å². The summed E-state index contributed by atoms with van der Waals surface area (Å²) < 4.78 is 0. The fourth-order valence-corrected chi connectivity index (χ4v) is 1.56. The molecule has 20 heavy (non-hydrogen) atoms. The second-order valence-corrected chi connectivity index (χ2v) is 4.51. The molecule has 1 heterocycles. The van der Waals surface area contributed by atoms with Gasteiger partial charge in [0, 0.05) is 17.3 Å². The van der Waals surface area contributed by atoms with E-state index >= 15 is 0 Å². The molecular weight excluding hydrogens is 258 g/mol. The van der Waals surface area contributed by atoms with Crippen molar-refractivity contribution in [1.82, 2.24) is 20.7 Å². The first kappa shape index (κ1) is 13.7. The van der Waals surface area contributed by atoms with Gasteiger partial charge < -0.3 is 10.6 Å². The van der Waals surface area contributed by atoms with Crippen molar-refractivity contribution in [2.24, 2.45) is 0 Å². The maximum Gasteiger partial charge on any atom is 0.277 e. The summed E-state index contributed by atoms with van der Waals surface area (Å²) in [4.78, 5) is 23.5. The molecule has 0 aliphatic carbocycles. The molecule has 1 aromatic heterocycles. The molecule has 0 saturated carbocycles. The third kappa shape index (κ3) is 3.41. The predicted octanol–water partition coefficient (Wildman–Crippen LogP) is 1.20. The molecule has 0 radical (unpaired) electrons. The first-order valence-corrected chi connectivity index (χ1v) is 6.14. The monoisotopic (exact) mass is 273 g/mol. The number of amides is 2. The highest BCUT2D eigenvalue weighted by Gasteiger charge is 2.10. The standard InChI is InChI=1S/C13H15N5O2/c1-8(2)15-12(19)9-3-5-10(6-4-9)16-13(20)11-7-14-18-17-11/h3-8H,1-2H3,(H,15,19)(H,16,20)(H,14,17,18). The summed E-state index contributed by atoms with van der Waals surface area (Å²) in [6, 6.07) is 6.70. The molecule has 0 bridgehead atoms. The van der Waals surface area contributed by atoms with Crippen LogP contribution in [0.25, 0.3) is 0 Å². The van der Waals surface area contributed by atoms with Crippen LogP contribution in [-0.4, -0.2) is 33.3 Å². The number of rotatable bonds is 4. The number of aromatic nitrogens is 3. The van der Waals surface area contributed by atoms with Gasteiger partial charge in [0.1, 0.15) is 0 Å². The van der Waals surface area contributed by atoms with Crippen LogP contribution >= 0.6 is 0 Å². The Labute approximate surface area is 115 Å². The quantitative estimate of drug-likeness (QED) is 0.779. The molecule has 7 nitrogen and oxygen atoms in total. The van der Waals surface area contributed by atoms with E-state index in [1.165, 1.54) is 6.20 Å². The normalized spacial score (nSPS) is 10.3. The molecule has 0 spiro atoms. The van der Waals surface area contributed by atoms with E-state index in [0.717, 1.165) is 0 Å². The molecule has 7 heteroatoms. The Morgan fingerprint density at radius 3 is 2.40 bits per heavy atom. The van der Waals surface area contributed by atoms with E-state index in [0.29, 0.717) is 11.3 Å². The minimum Gasteiger partial charge on any atom is -0.350 e. The third-order valence-electron chi connectivity index (χ3n) is 2.47. The van der Waals surface area contributed by atoms with Gasteiger partial charge in [-0.15, -0.1) is 0 Å². The smallest absolute Gasteiger partial charge is 0.277 e. The highest BCUT2D eigenvalue weighted by Crippen LogP contribution is 2.10. The lowest BCUT2D eigenvalue weighted by Crippen LogP contribution is -2.30. The number of hydrogen-bond donors (Lipinski definition) is 3. The van der Waals surface area contributed by atoms with Crippen molar-refractivity contribution in [3.63, 3.8) is 0 Å². The summed E-state index contributed by atoms with van der Waals surface area (Å²) in [6.45, 7) is 3.79. The van der Waals surface area contributed by atoms with Gasteiger partial charge in [-0.1, -0.05) is 0 Å². The number of nitrogens with one attached hydrogen (secondary N) is 3. The number of nitrogens with zero attached hydrogens (tertiary/aromatic N) is 2. The second kappa shape index (κ2) is 5.96. The molecule has 0 aliphatic heterocycles. The van der Waals surface area contributed by atoms with E-state index in [9.17, 15) is 9.59 Å². The Hall–Kier alpha value is -2.70. The van der Waals surface area contributed by atoms with Crippen LogP contribution in [0.5, 0.6) is 0 Å². The van der Waals surface area contributed by atoms with E-state index in [1.807, 2.05) is 13.8 Å².